The van der Waals surface area contributed by atoms with Gasteiger partial charge < -0.3 is 4.79 Å². The summed E-state index contributed by atoms with van der Waals surface area (Å²) in [4.78, 5) is 21.7. The average molecular weight is 152 g/mol. The molecule has 1 aliphatic carbocycles. The van der Waals surface area contributed by atoms with Crippen LogP contribution in [0.2, 0.25) is 0 Å². The second-order valence-electron chi connectivity index (χ2n) is 3.09. The van der Waals surface area contributed by atoms with Crippen molar-refractivity contribution in [1.29, 1.82) is 0 Å². The maximum Gasteiger partial charge on any atom is 0.158 e. The first-order valence-electron chi connectivity index (χ1n) is 3.82. The molecule has 0 N–H and O–H groups in total. The van der Waals surface area contributed by atoms with Crippen molar-refractivity contribution in [1.82, 2.24) is 0 Å². The zero-order chi connectivity index (χ0) is 8.43. The van der Waals surface area contributed by atoms with E-state index in [9.17, 15) is 9.59 Å². The number of hydrogen-bond donors (Lipinski definition) is 0. The van der Waals surface area contributed by atoms with Gasteiger partial charge in [0.1, 0.15) is 5.78 Å². The zero-order valence-electron chi connectivity index (χ0n) is 6.72. The molecule has 0 spiro atoms. The van der Waals surface area contributed by atoms with E-state index >= 15 is 0 Å². The lowest BCUT2D eigenvalue weighted by molar-refractivity contribution is -0.117. The molecule has 0 aliphatic heterocycles. The average Bonchev–Trinajstić information content (AvgIpc) is 2.18. The van der Waals surface area contributed by atoms with Crippen LogP contribution in [0.3, 0.4) is 0 Å². The van der Waals surface area contributed by atoms with Crippen LogP contribution in [-0.2, 0) is 9.59 Å². The van der Waals surface area contributed by atoms with Crippen LogP contribution >= 0.6 is 0 Å². The number of allylic oxidation sites excluding steroid dienone is 1. The highest BCUT2D eigenvalue weighted by Gasteiger charge is 2.27. The van der Waals surface area contributed by atoms with Crippen molar-refractivity contribution in [3.05, 3.63) is 12.2 Å². The second kappa shape index (κ2) is 2.99. The maximum absolute atomic E-state index is 11.0. The molecule has 1 atom stereocenters. The van der Waals surface area contributed by atoms with Gasteiger partial charge in [-0.25, -0.2) is 0 Å². The highest BCUT2D eigenvalue weighted by atomic mass is 16.1. The molecule has 0 saturated heterocycles. The lowest BCUT2D eigenvalue weighted by Gasteiger charge is -2.05. The first-order valence-corrected chi connectivity index (χ1v) is 3.82. The Kier molecular flexibility index (Phi) is 2.22. The molecule has 1 rings (SSSR count). The largest absolute Gasteiger partial charge is 0.300 e. The summed E-state index contributed by atoms with van der Waals surface area (Å²) < 4.78 is 0. The molecule has 0 aromatic rings. The molecule has 0 heterocycles. The molecule has 60 valence electrons. The monoisotopic (exact) mass is 152 g/mol. The third kappa shape index (κ3) is 1.76. The summed E-state index contributed by atoms with van der Waals surface area (Å²) >= 11 is 0. The van der Waals surface area contributed by atoms with Crippen LogP contribution in [0.5, 0.6) is 0 Å². The molecule has 1 saturated carbocycles. The highest BCUT2D eigenvalue weighted by molar-refractivity contribution is 5.98. The summed E-state index contributed by atoms with van der Waals surface area (Å²) in [6.07, 6.45) is 1.89. The van der Waals surface area contributed by atoms with Crippen LogP contribution in [0.1, 0.15) is 26.2 Å². The minimum Gasteiger partial charge on any atom is -0.300 e. The van der Waals surface area contributed by atoms with Gasteiger partial charge in [0.25, 0.3) is 0 Å². The van der Waals surface area contributed by atoms with Crippen molar-refractivity contribution in [3.8, 4) is 0 Å². The molecule has 0 radical (unpaired) electrons. The summed E-state index contributed by atoms with van der Waals surface area (Å²) in [5.41, 5.74) is 0.653. The summed E-state index contributed by atoms with van der Waals surface area (Å²) in [7, 11) is 0. The van der Waals surface area contributed by atoms with Crippen molar-refractivity contribution < 1.29 is 9.59 Å². The SMILES string of the molecule is C=C1C(=O)CCC1CC(C)=O. The van der Waals surface area contributed by atoms with Crippen LogP contribution in [-0.4, -0.2) is 11.6 Å². The smallest absolute Gasteiger partial charge is 0.158 e. The van der Waals surface area contributed by atoms with Crippen molar-refractivity contribution in [2.45, 2.75) is 26.2 Å². The standard InChI is InChI=1S/C9H12O2/c1-6(10)5-8-3-4-9(11)7(8)2/h8H,2-5H2,1H3. The van der Waals surface area contributed by atoms with E-state index in [0.717, 1.165) is 6.42 Å². The van der Waals surface area contributed by atoms with E-state index in [1.165, 1.54) is 0 Å². The Labute approximate surface area is 66.3 Å². The molecule has 1 fully saturated rings. The first-order chi connectivity index (χ1) is 5.11. The van der Waals surface area contributed by atoms with Gasteiger partial charge in [0.2, 0.25) is 0 Å². The summed E-state index contributed by atoms with van der Waals surface area (Å²) in [6.45, 7) is 5.22. The van der Waals surface area contributed by atoms with Gasteiger partial charge in [-0.1, -0.05) is 6.58 Å². The third-order valence-electron chi connectivity index (χ3n) is 2.10. The molecule has 2 heteroatoms. The van der Waals surface area contributed by atoms with Gasteiger partial charge in [-0.2, -0.15) is 0 Å². The van der Waals surface area contributed by atoms with E-state index < -0.39 is 0 Å². The Hall–Kier alpha value is -0.920. The van der Waals surface area contributed by atoms with Crippen molar-refractivity contribution in [3.63, 3.8) is 0 Å². The topological polar surface area (TPSA) is 34.1 Å². The molecule has 11 heavy (non-hydrogen) atoms. The fourth-order valence-corrected chi connectivity index (χ4v) is 1.44. The highest BCUT2D eigenvalue weighted by Crippen LogP contribution is 2.29. The molecular weight excluding hydrogens is 140 g/mol. The van der Waals surface area contributed by atoms with E-state index in [-0.39, 0.29) is 17.5 Å². The molecule has 0 bridgehead atoms. The minimum atomic E-state index is 0.135. The number of Topliss-reactive ketones (excluding diaryl/α,β-unsaturated/α-hetero) is 2. The quantitative estimate of drug-likeness (QED) is 0.562. The number of carbonyl (C=O) groups is 2. The summed E-state index contributed by atoms with van der Waals surface area (Å²) in [5, 5.41) is 0. The van der Waals surface area contributed by atoms with Crippen LogP contribution in [0.25, 0.3) is 0 Å². The van der Waals surface area contributed by atoms with Gasteiger partial charge in [-0.05, 0) is 24.8 Å². The molecule has 1 aliphatic rings. The third-order valence-corrected chi connectivity index (χ3v) is 2.10. The van der Waals surface area contributed by atoms with Crippen LogP contribution in [0, 0.1) is 5.92 Å². The van der Waals surface area contributed by atoms with Crippen molar-refractivity contribution >= 4 is 11.6 Å². The maximum atomic E-state index is 11.0. The van der Waals surface area contributed by atoms with Crippen LogP contribution < -0.4 is 0 Å². The van der Waals surface area contributed by atoms with Gasteiger partial charge >= 0.3 is 0 Å². The number of rotatable bonds is 2. The van der Waals surface area contributed by atoms with E-state index in [1.807, 2.05) is 0 Å². The second-order valence-corrected chi connectivity index (χ2v) is 3.09. The Morgan fingerprint density at radius 3 is 2.73 bits per heavy atom. The van der Waals surface area contributed by atoms with E-state index in [0.29, 0.717) is 18.4 Å². The lowest BCUT2D eigenvalue weighted by Crippen LogP contribution is -2.04. The van der Waals surface area contributed by atoms with Gasteiger partial charge in [-0.3, -0.25) is 4.79 Å². The zero-order valence-corrected chi connectivity index (χ0v) is 6.72. The van der Waals surface area contributed by atoms with Gasteiger partial charge in [-0.15, -0.1) is 0 Å². The van der Waals surface area contributed by atoms with Gasteiger partial charge in [0, 0.05) is 12.8 Å². The molecule has 0 aromatic carbocycles. The predicted molar refractivity (Wildman–Crippen MR) is 42.2 cm³/mol. The summed E-state index contributed by atoms with van der Waals surface area (Å²) in [5.74, 6) is 0.419. The number of hydrogen-bond acceptors (Lipinski definition) is 2. The Morgan fingerprint density at radius 2 is 2.36 bits per heavy atom. The molecule has 2 nitrogen and oxygen atoms in total. The van der Waals surface area contributed by atoms with Crippen LogP contribution in [0.4, 0.5) is 0 Å². The normalized spacial score (nSPS) is 24.3. The molecule has 1 unspecified atom stereocenters. The van der Waals surface area contributed by atoms with Gasteiger partial charge in [0.15, 0.2) is 5.78 Å². The first kappa shape index (κ1) is 8.18. The van der Waals surface area contributed by atoms with E-state index in [4.69, 9.17) is 0 Å². The molecule has 0 aromatic heterocycles. The van der Waals surface area contributed by atoms with Crippen molar-refractivity contribution in [2.24, 2.45) is 5.92 Å². The number of carbonyl (C=O) groups excluding carboxylic acids is 2. The van der Waals surface area contributed by atoms with E-state index in [2.05, 4.69) is 6.58 Å². The van der Waals surface area contributed by atoms with Gasteiger partial charge in [0.05, 0.1) is 0 Å². The van der Waals surface area contributed by atoms with E-state index in [1.54, 1.807) is 6.92 Å². The van der Waals surface area contributed by atoms with Crippen LogP contribution in [0.15, 0.2) is 12.2 Å². The fraction of sp³-hybridized carbons (Fsp3) is 0.556. The van der Waals surface area contributed by atoms with Crippen molar-refractivity contribution in [2.75, 3.05) is 0 Å². The Bertz CT molecular complexity index is 216. The molecule has 0 amide bonds. The number of ketones is 2. The Morgan fingerprint density at radius 1 is 1.73 bits per heavy atom. The fourth-order valence-electron chi connectivity index (χ4n) is 1.44. The summed E-state index contributed by atoms with van der Waals surface area (Å²) in [6, 6.07) is 0. The Balaban J connectivity index is 2.55. The lowest BCUT2D eigenvalue weighted by atomic mass is 9.98. The molecular formula is C9H12O2. The predicted octanol–water partition coefficient (Wildman–Crippen LogP) is 1.50. The minimum absolute atomic E-state index is 0.135.